The minimum atomic E-state index is -0.559. The normalized spacial score (nSPS) is 10.8. The largest absolute Gasteiger partial charge is 0.366 e. The van der Waals surface area contributed by atoms with Gasteiger partial charge in [-0.2, -0.15) is 0 Å². The Morgan fingerprint density at radius 2 is 1.65 bits per heavy atom. The van der Waals surface area contributed by atoms with Crippen LogP contribution in [0.1, 0.15) is 32.1 Å². The molecule has 1 aromatic heterocycles. The lowest BCUT2D eigenvalue weighted by Crippen LogP contribution is -2.27. The highest BCUT2D eigenvalue weighted by atomic mass is 19.1. The van der Waals surface area contributed by atoms with Gasteiger partial charge in [0.1, 0.15) is 11.3 Å². The average molecular weight is 352 g/mol. The standard InChI is InChI=1S/C19H17FN4O2/c1-10-11(2)23-17-15(8-13(20)9-16(17)22-10)19(26)24(3)14-6-4-12(5-7-14)18(21)25/h4-9H,1-3H3,(H2,21,25). The van der Waals surface area contributed by atoms with Crippen LogP contribution < -0.4 is 10.6 Å². The topological polar surface area (TPSA) is 89.2 Å². The van der Waals surface area contributed by atoms with Gasteiger partial charge in [-0.05, 0) is 44.2 Å². The maximum atomic E-state index is 14.0. The van der Waals surface area contributed by atoms with E-state index < -0.39 is 17.6 Å². The van der Waals surface area contributed by atoms with Crippen LogP contribution in [0.25, 0.3) is 11.0 Å². The Morgan fingerprint density at radius 1 is 1.04 bits per heavy atom. The second-order valence-electron chi connectivity index (χ2n) is 5.99. The van der Waals surface area contributed by atoms with Gasteiger partial charge >= 0.3 is 0 Å². The van der Waals surface area contributed by atoms with Gasteiger partial charge in [0.05, 0.1) is 22.5 Å². The summed E-state index contributed by atoms with van der Waals surface area (Å²) in [5.41, 5.74) is 8.24. The summed E-state index contributed by atoms with van der Waals surface area (Å²) in [5.74, 6) is -1.54. The number of hydrogen-bond donors (Lipinski definition) is 1. The molecule has 0 atom stereocenters. The zero-order valence-electron chi connectivity index (χ0n) is 14.6. The number of primary amides is 1. The maximum absolute atomic E-state index is 14.0. The van der Waals surface area contributed by atoms with Gasteiger partial charge < -0.3 is 10.6 Å². The molecule has 0 saturated carbocycles. The highest BCUT2D eigenvalue weighted by Gasteiger charge is 2.20. The van der Waals surface area contributed by atoms with E-state index in [-0.39, 0.29) is 5.56 Å². The Morgan fingerprint density at radius 3 is 2.27 bits per heavy atom. The van der Waals surface area contributed by atoms with Crippen molar-refractivity contribution in [2.45, 2.75) is 13.8 Å². The summed E-state index contributed by atoms with van der Waals surface area (Å²) >= 11 is 0. The summed E-state index contributed by atoms with van der Waals surface area (Å²) in [5, 5.41) is 0. The van der Waals surface area contributed by atoms with E-state index in [4.69, 9.17) is 5.73 Å². The fraction of sp³-hybridized carbons (Fsp3) is 0.158. The first-order valence-corrected chi connectivity index (χ1v) is 7.90. The molecule has 0 unspecified atom stereocenters. The summed E-state index contributed by atoms with van der Waals surface area (Å²) in [6.07, 6.45) is 0. The molecular formula is C19H17FN4O2. The van der Waals surface area contributed by atoms with Gasteiger partial charge in [-0.15, -0.1) is 0 Å². The van der Waals surface area contributed by atoms with Crippen LogP contribution in [0.2, 0.25) is 0 Å². The van der Waals surface area contributed by atoms with E-state index in [9.17, 15) is 14.0 Å². The molecule has 3 aromatic rings. The lowest BCUT2D eigenvalue weighted by molar-refractivity contribution is 0.0990. The van der Waals surface area contributed by atoms with Crippen molar-refractivity contribution in [1.82, 2.24) is 9.97 Å². The number of nitrogens with two attached hydrogens (primary N) is 1. The molecule has 6 nitrogen and oxygen atoms in total. The van der Waals surface area contributed by atoms with Crippen molar-refractivity contribution in [1.29, 1.82) is 0 Å². The summed E-state index contributed by atoms with van der Waals surface area (Å²) in [7, 11) is 1.56. The number of aromatic nitrogens is 2. The third-order valence-corrected chi connectivity index (χ3v) is 4.22. The van der Waals surface area contributed by atoms with Gasteiger partial charge in [0.2, 0.25) is 5.91 Å². The van der Waals surface area contributed by atoms with Gasteiger partial charge in [0, 0.05) is 24.4 Å². The molecule has 0 bridgehead atoms. The number of nitrogens with zero attached hydrogens (tertiary/aromatic N) is 3. The van der Waals surface area contributed by atoms with Crippen molar-refractivity contribution < 1.29 is 14.0 Å². The molecule has 2 N–H and O–H groups in total. The number of fused-ring (bicyclic) bond motifs is 1. The number of aryl methyl sites for hydroxylation is 2. The number of carbonyl (C=O) groups is 2. The molecule has 3 rings (SSSR count). The fourth-order valence-corrected chi connectivity index (χ4v) is 2.61. The fourth-order valence-electron chi connectivity index (χ4n) is 2.61. The quantitative estimate of drug-likeness (QED) is 0.785. The number of amides is 2. The third-order valence-electron chi connectivity index (χ3n) is 4.22. The average Bonchev–Trinajstić information content (AvgIpc) is 2.61. The van der Waals surface area contributed by atoms with Gasteiger partial charge in [0.15, 0.2) is 0 Å². The molecule has 0 spiro atoms. The smallest absolute Gasteiger partial charge is 0.260 e. The molecular weight excluding hydrogens is 335 g/mol. The van der Waals surface area contributed by atoms with Crippen molar-refractivity contribution in [3.63, 3.8) is 0 Å². The lowest BCUT2D eigenvalue weighted by Gasteiger charge is -2.18. The van der Waals surface area contributed by atoms with Gasteiger partial charge in [0.25, 0.3) is 5.91 Å². The third kappa shape index (κ3) is 3.11. The Labute approximate surface area is 149 Å². The lowest BCUT2D eigenvalue weighted by atomic mass is 10.1. The summed E-state index contributed by atoms with van der Waals surface area (Å²) in [6, 6.07) is 8.66. The summed E-state index contributed by atoms with van der Waals surface area (Å²) in [6.45, 7) is 3.56. The van der Waals surface area contributed by atoms with Crippen LogP contribution in [-0.2, 0) is 0 Å². The molecule has 0 fully saturated rings. The Hall–Kier alpha value is -3.35. The molecule has 1 heterocycles. The summed E-state index contributed by atoms with van der Waals surface area (Å²) < 4.78 is 14.0. The van der Waals surface area contributed by atoms with Gasteiger partial charge in [-0.3, -0.25) is 9.59 Å². The van der Waals surface area contributed by atoms with Crippen LogP contribution in [0, 0.1) is 19.7 Å². The zero-order chi connectivity index (χ0) is 19.0. The van der Waals surface area contributed by atoms with E-state index in [2.05, 4.69) is 9.97 Å². The van der Waals surface area contributed by atoms with Crippen LogP contribution in [0.5, 0.6) is 0 Å². The molecule has 2 aromatic carbocycles. The molecule has 0 aliphatic rings. The molecule has 0 aliphatic carbocycles. The minimum absolute atomic E-state index is 0.122. The van der Waals surface area contributed by atoms with Crippen LogP contribution in [-0.4, -0.2) is 28.8 Å². The highest BCUT2D eigenvalue weighted by molar-refractivity contribution is 6.12. The Balaban J connectivity index is 2.06. The van der Waals surface area contributed by atoms with E-state index in [1.54, 1.807) is 33.0 Å². The van der Waals surface area contributed by atoms with Crippen LogP contribution in [0.4, 0.5) is 10.1 Å². The van der Waals surface area contributed by atoms with Crippen molar-refractivity contribution >= 4 is 28.5 Å². The van der Waals surface area contributed by atoms with E-state index >= 15 is 0 Å². The number of hydrogen-bond acceptors (Lipinski definition) is 4. The highest BCUT2D eigenvalue weighted by Crippen LogP contribution is 2.23. The minimum Gasteiger partial charge on any atom is -0.366 e. The maximum Gasteiger partial charge on any atom is 0.260 e. The van der Waals surface area contributed by atoms with Gasteiger partial charge in [-0.1, -0.05) is 0 Å². The van der Waals surface area contributed by atoms with Crippen LogP contribution >= 0.6 is 0 Å². The second kappa shape index (κ2) is 6.51. The van der Waals surface area contributed by atoms with Crippen molar-refractivity contribution in [2.24, 2.45) is 5.73 Å². The van der Waals surface area contributed by atoms with Crippen molar-refractivity contribution in [3.8, 4) is 0 Å². The SMILES string of the molecule is Cc1nc2cc(F)cc(C(=O)N(C)c3ccc(C(N)=O)cc3)c2nc1C. The first-order chi connectivity index (χ1) is 12.3. The Bertz CT molecular complexity index is 1030. The molecule has 2 amide bonds. The molecule has 7 heteroatoms. The van der Waals surface area contributed by atoms with E-state index in [1.807, 2.05) is 0 Å². The van der Waals surface area contributed by atoms with E-state index in [0.29, 0.717) is 33.7 Å². The van der Waals surface area contributed by atoms with Crippen LogP contribution in [0.3, 0.4) is 0 Å². The predicted molar refractivity (Wildman–Crippen MR) is 96.7 cm³/mol. The molecule has 0 aliphatic heterocycles. The molecule has 132 valence electrons. The molecule has 26 heavy (non-hydrogen) atoms. The monoisotopic (exact) mass is 352 g/mol. The number of halogens is 1. The molecule has 0 saturated heterocycles. The Kier molecular flexibility index (Phi) is 4.38. The second-order valence-corrected chi connectivity index (χ2v) is 5.99. The summed E-state index contributed by atoms with van der Waals surface area (Å²) in [4.78, 5) is 34.2. The first-order valence-electron chi connectivity index (χ1n) is 7.90. The van der Waals surface area contributed by atoms with Crippen molar-refractivity contribution in [3.05, 3.63) is 64.7 Å². The van der Waals surface area contributed by atoms with Crippen LogP contribution in [0.15, 0.2) is 36.4 Å². The zero-order valence-corrected chi connectivity index (χ0v) is 14.6. The number of anilines is 1. The number of rotatable bonds is 3. The van der Waals surface area contributed by atoms with E-state index in [1.165, 1.54) is 23.1 Å². The van der Waals surface area contributed by atoms with E-state index in [0.717, 1.165) is 6.07 Å². The first kappa shape index (κ1) is 17.5. The van der Waals surface area contributed by atoms with Crippen molar-refractivity contribution in [2.75, 3.05) is 11.9 Å². The number of benzene rings is 2. The number of carbonyl (C=O) groups excluding carboxylic acids is 2. The predicted octanol–water partition coefficient (Wildman–Crippen LogP) is 2.76. The van der Waals surface area contributed by atoms with Gasteiger partial charge in [-0.25, -0.2) is 14.4 Å². The molecule has 0 radical (unpaired) electrons.